The van der Waals surface area contributed by atoms with E-state index in [1.54, 1.807) is 20.3 Å². The highest BCUT2D eigenvalue weighted by atomic mass is 16.5. The molecule has 2 aromatic carbocycles. The zero-order valence-electron chi connectivity index (χ0n) is 19.0. The van der Waals surface area contributed by atoms with E-state index in [2.05, 4.69) is 34.1 Å². The fourth-order valence-electron chi connectivity index (χ4n) is 4.86. The van der Waals surface area contributed by atoms with Gasteiger partial charge in [0.2, 0.25) is 11.9 Å². The van der Waals surface area contributed by atoms with Gasteiger partial charge in [-0.05, 0) is 30.4 Å². The van der Waals surface area contributed by atoms with Gasteiger partial charge in [-0.25, -0.2) is 4.98 Å². The van der Waals surface area contributed by atoms with Gasteiger partial charge in [0.1, 0.15) is 5.82 Å². The fourth-order valence-corrected chi connectivity index (χ4v) is 4.86. The van der Waals surface area contributed by atoms with Gasteiger partial charge in [-0.3, -0.25) is 4.79 Å². The SMILES string of the molecule is COc1cc2nc(N3CCN(C(=O)[C@@H]4CC[C@H]4c4ccccc4)CC3)nc(N)c2cc1OC. The minimum atomic E-state index is 0.0916. The molecular formula is C25H29N5O3. The standard InChI is InChI=1S/C25H29N5O3/c1-32-21-14-19-20(15-22(21)33-2)27-25(28-23(19)26)30-12-10-29(11-13-30)24(31)18-9-8-17(18)16-6-4-3-5-7-16/h3-7,14-15,17-18H,8-13H2,1-2H3,(H2,26,27,28)/t17-,18+/m0/s1. The van der Waals surface area contributed by atoms with Crippen LogP contribution in [0.1, 0.15) is 24.3 Å². The molecule has 1 aliphatic carbocycles. The first kappa shape index (κ1) is 21.3. The molecule has 2 fully saturated rings. The topological polar surface area (TPSA) is 93.8 Å². The van der Waals surface area contributed by atoms with E-state index in [0.717, 1.165) is 18.2 Å². The molecule has 1 aromatic heterocycles. The van der Waals surface area contributed by atoms with Crippen molar-refractivity contribution in [3.05, 3.63) is 48.0 Å². The summed E-state index contributed by atoms with van der Waals surface area (Å²) in [5, 5.41) is 0.724. The molecule has 2 heterocycles. The van der Waals surface area contributed by atoms with Gasteiger partial charge in [0.15, 0.2) is 11.5 Å². The number of ether oxygens (including phenoxy) is 2. The monoisotopic (exact) mass is 447 g/mol. The molecule has 8 heteroatoms. The molecule has 1 saturated carbocycles. The quantitative estimate of drug-likeness (QED) is 0.642. The van der Waals surface area contributed by atoms with Crippen molar-refractivity contribution in [2.24, 2.45) is 5.92 Å². The first-order chi connectivity index (χ1) is 16.1. The number of methoxy groups -OCH3 is 2. The number of rotatable bonds is 5. The number of amides is 1. The lowest BCUT2D eigenvalue weighted by Gasteiger charge is -2.42. The highest BCUT2D eigenvalue weighted by Crippen LogP contribution is 2.43. The number of carbonyl (C=O) groups excluding carboxylic acids is 1. The predicted molar refractivity (Wildman–Crippen MR) is 128 cm³/mol. The Balaban J connectivity index is 1.28. The van der Waals surface area contributed by atoms with Crippen LogP contribution in [-0.4, -0.2) is 61.2 Å². The molecule has 172 valence electrons. The minimum absolute atomic E-state index is 0.0916. The maximum absolute atomic E-state index is 13.2. The van der Waals surface area contributed by atoms with Crippen molar-refractivity contribution in [2.75, 3.05) is 51.0 Å². The molecule has 2 aliphatic rings. The number of nitrogen functional groups attached to an aromatic ring is 1. The van der Waals surface area contributed by atoms with Crippen LogP contribution in [0.25, 0.3) is 10.9 Å². The van der Waals surface area contributed by atoms with Crippen LogP contribution in [0.4, 0.5) is 11.8 Å². The molecule has 8 nitrogen and oxygen atoms in total. The van der Waals surface area contributed by atoms with Gasteiger partial charge in [-0.15, -0.1) is 0 Å². The van der Waals surface area contributed by atoms with Gasteiger partial charge < -0.3 is 25.0 Å². The molecule has 0 bridgehead atoms. The van der Waals surface area contributed by atoms with Crippen LogP contribution in [0.15, 0.2) is 42.5 Å². The third-order valence-corrected chi connectivity index (χ3v) is 6.91. The van der Waals surface area contributed by atoms with Crippen molar-refractivity contribution in [3.63, 3.8) is 0 Å². The number of aromatic nitrogens is 2. The molecule has 1 aliphatic heterocycles. The largest absolute Gasteiger partial charge is 0.493 e. The fraction of sp³-hybridized carbons (Fsp3) is 0.400. The normalized spacial score (nSPS) is 20.4. The van der Waals surface area contributed by atoms with Crippen LogP contribution in [0.3, 0.4) is 0 Å². The lowest BCUT2D eigenvalue weighted by molar-refractivity contribution is -0.139. The Hall–Kier alpha value is -3.55. The van der Waals surface area contributed by atoms with Crippen LogP contribution in [0.2, 0.25) is 0 Å². The van der Waals surface area contributed by atoms with Gasteiger partial charge in [0.25, 0.3) is 0 Å². The summed E-state index contributed by atoms with van der Waals surface area (Å²) < 4.78 is 10.8. The van der Waals surface area contributed by atoms with E-state index in [4.69, 9.17) is 20.2 Å². The number of anilines is 2. The number of nitrogens with two attached hydrogens (primary N) is 1. The smallest absolute Gasteiger partial charge is 0.228 e. The summed E-state index contributed by atoms with van der Waals surface area (Å²) in [4.78, 5) is 26.5. The Labute approximate surface area is 193 Å². The van der Waals surface area contributed by atoms with E-state index in [1.807, 2.05) is 17.0 Å². The van der Waals surface area contributed by atoms with Crippen molar-refractivity contribution in [3.8, 4) is 11.5 Å². The summed E-state index contributed by atoms with van der Waals surface area (Å²) in [5.74, 6) is 2.86. The first-order valence-corrected chi connectivity index (χ1v) is 11.4. The maximum atomic E-state index is 13.2. The number of carbonyl (C=O) groups is 1. The molecule has 0 radical (unpaired) electrons. The number of fused-ring (bicyclic) bond motifs is 1. The lowest BCUT2D eigenvalue weighted by atomic mass is 9.69. The summed E-state index contributed by atoms with van der Waals surface area (Å²) in [5.41, 5.74) is 8.23. The first-order valence-electron chi connectivity index (χ1n) is 11.4. The average Bonchev–Trinajstić information content (AvgIpc) is 2.83. The zero-order valence-corrected chi connectivity index (χ0v) is 19.0. The molecule has 0 spiro atoms. The van der Waals surface area contributed by atoms with E-state index in [1.165, 1.54) is 5.56 Å². The number of benzene rings is 2. The van der Waals surface area contributed by atoms with Crippen molar-refractivity contribution in [1.82, 2.24) is 14.9 Å². The van der Waals surface area contributed by atoms with Gasteiger partial charge >= 0.3 is 0 Å². The minimum Gasteiger partial charge on any atom is -0.493 e. The Morgan fingerprint density at radius 3 is 2.30 bits per heavy atom. The lowest BCUT2D eigenvalue weighted by Crippen LogP contribution is -2.52. The Kier molecular flexibility index (Phi) is 5.66. The molecule has 1 saturated heterocycles. The Morgan fingerprint density at radius 1 is 0.970 bits per heavy atom. The maximum Gasteiger partial charge on any atom is 0.228 e. The second-order valence-electron chi connectivity index (χ2n) is 8.65. The Morgan fingerprint density at radius 2 is 1.67 bits per heavy atom. The highest BCUT2D eigenvalue weighted by Gasteiger charge is 2.40. The van der Waals surface area contributed by atoms with E-state index in [9.17, 15) is 4.79 Å². The van der Waals surface area contributed by atoms with Crippen molar-refractivity contribution >= 4 is 28.6 Å². The van der Waals surface area contributed by atoms with Crippen molar-refractivity contribution in [2.45, 2.75) is 18.8 Å². The van der Waals surface area contributed by atoms with Gasteiger partial charge in [-0.1, -0.05) is 30.3 Å². The van der Waals surface area contributed by atoms with E-state index < -0.39 is 0 Å². The van der Waals surface area contributed by atoms with Gasteiger partial charge in [0, 0.05) is 43.5 Å². The molecule has 0 unspecified atom stereocenters. The second kappa shape index (κ2) is 8.77. The molecule has 3 aromatic rings. The van der Waals surface area contributed by atoms with Crippen LogP contribution >= 0.6 is 0 Å². The van der Waals surface area contributed by atoms with Gasteiger partial charge in [-0.2, -0.15) is 4.98 Å². The molecule has 2 N–H and O–H groups in total. The molecule has 1 amide bonds. The van der Waals surface area contributed by atoms with Crippen LogP contribution in [-0.2, 0) is 4.79 Å². The van der Waals surface area contributed by atoms with Crippen LogP contribution < -0.4 is 20.1 Å². The summed E-state index contributed by atoms with van der Waals surface area (Å²) in [7, 11) is 3.18. The zero-order chi connectivity index (χ0) is 22.9. The molecule has 5 rings (SSSR count). The van der Waals surface area contributed by atoms with Crippen LogP contribution in [0.5, 0.6) is 11.5 Å². The van der Waals surface area contributed by atoms with E-state index in [0.29, 0.717) is 60.9 Å². The molecule has 33 heavy (non-hydrogen) atoms. The molecular weight excluding hydrogens is 418 g/mol. The number of hydrogen-bond acceptors (Lipinski definition) is 7. The third-order valence-electron chi connectivity index (χ3n) is 6.91. The molecule has 2 atom stereocenters. The van der Waals surface area contributed by atoms with Crippen molar-refractivity contribution < 1.29 is 14.3 Å². The highest BCUT2D eigenvalue weighted by molar-refractivity contribution is 5.91. The van der Waals surface area contributed by atoms with Gasteiger partial charge in [0.05, 0.1) is 19.7 Å². The summed E-state index contributed by atoms with van der Waals surface area (Å²) >= 11 is 0. The third kappa shape index (κ3) is 3.90. The average molecular weight is 448 g/mol. The second-order valence-corrected chi connectivity index (χ2v) is 8.65. The summed E-state index contributed by atoms with van der Waals surface area (Å²) in [6.45, 7) is 2.66. The van der Waals surface area contributed by atoms with Crippen molar-refractivity contribution in [1.29, 1.82) is 0 Å². The number of piperazine rings is 1. The summed E-state index contributed by atoms with van der Waals surface area (Å²) in [6.07, 6.45) is 2.05. The van der Waals surface area contributed by atoms with E-state index in [-0.39, 0.29) is 11.8 Å². The van der Waals surface area contributed by atoms with Crippen LogP contribution in [0, 0.1) is 5.92 Å². The van der Waals surface area contributed by atoms with E-state index >= 15 is 0 Å². The predicted octanol–water partition coefficient (Wildman–Crippen LogP) is 3.07. The Bertz CT molecular complexity index is 1160. The number of hydrogen-bond donors (Lipinski definition) is 1. The summed E-state index contributed by atoms with van der Waals surface area (Å²) in [6, 6.07) is 14.0. The number of nitrogens with zero attached hydrogens (tertiary/aromatic N) is 4.